The van der Waals surface area contributed by atoms with Crippen molar-refractivity contribution in [3.05, 3.63) is 0 Å². The van der Waals surface area contributed by atoms with Gasteiger partial charge in [-0.3, -0.25) is 4.79 Å². The molecular weight excluding hydrogens is 202 g/mol. The van der Waals surface area contributed by atoms with Crippen LogP contribution in [0.5, 0.6) is 0 Å². The summed E-state index contributed by atoms with van der Waals surface area (Å²) in [5.41, 5.74) is 5.56. The molecule has 0 rings (SSSR count). The van der Waals surface area contributed by atoms with Crippen LogP contribution in [0, 0.1) is 0 Å². The van der Waals surface area contributed by atoms with Crippen molar-refractivity contribution in [2.24, 2.45) is 5.73 Å². The molecule has 0 atom stereocenters. The van der Waals surface area contributed by atoms with E-state index in [1.54, 1.807) is 7.05 Å². The molecule has 0 aliphatic heterocycles. The standard InChI is InChI=1S/C12H27N3O/c1-3-4-5-6-9-15(11-8-13)10-7-12(16)14-2/h3-11,13H2,1-2H3,(H,14,16). The first-order chi connectivity index (χ1) is 7.74. The molecule has 0 saturated heterocycles. The SMILES string of the molecule is CCCCCCN(CCN)CCC(=O)NC. The summed E-state index contributed by atoms with van der Waals surface area (Å²) < 4.78 is 0. The summed E-state index contributed by atoms with van der Waals surface area (Å²) in [7, 11) is 1.68. The minimum atomic E-state index is 0.107. The Morgan fingerprint density at radius 3 is 2.50 bits per heavy atom. The summed E-state index contributed by atoms with van der Waals surface area (Å²) in [5, 5.41) is 2.64. The molecule has 0 fully saturated rings. The molecule has 0 aromatic heterocycles. The molecular formula is C12H27N3O. The van der Waals surface area contributed by atoms with Gasteiger partial charge >= 0.3 is 0 Å². The molecule has 1 amide bonds. The van der Waals surface area contributed by atoms with E-state index < -0.39 is 0 Å². The number of carbonyl (C=O) groups is 1. The number of nitrogens with two attached hydrogens (primary N) is 1. The number of rotatable bonds is 10. The minimum Gasteiger partial charge on any atom is -0.359 e. The average molecular weight is 229 g/mol. The van der Waals surface area contributed by atoms with Gasteiger partial charge in [0, 0.05) is 33.1 Å². The molecule has 0 heterocycles. The maximum Gasteiger partial charge on any atom is 0.221 e. The average Bonchev–Trinajstić information content (AvgIpc) is 2.30. The Labute approximate surface area is 99.6 Å². The lowest BCUT2D eigenvalue weighted by Crippen LogP contribution is -2.34. The first-order valence-corrected chi connectivity index (χ1v) is 6.37. The molecule has 0 aliphatic carbocycles. The van der Waals surface area contributed by atoms with Crippen LogP contribution in [0.2, 0.25) is 0 Å². The minimum absolute atomic E-state index is 0.107. The monoisotopic (exact) mass is 229 g/mol. The van der Waals surface area contributed by atoms with E-state index >= 15 is 0 Å². The van der Waals surface area contributed by atoms with E-state index in [2.05, 4.69) is 17.1 Å². The van der Waals surface area contributed by atoms with Crippen molar-refractivity contribution < 1.29 is 4.79 Å². The fraction of sp³-hybridized carbons (Fsp3) is 0.917. The Hall–Kier alpha value is -0.610. The second kappa shape index (κ2) is 10.9. The van der Waals surface area contributed by atoms with E-state index in [1.807, 2.05) is 0 Å². The van der Waals surface area contributed by atoms with E-state index in [0.717, 1.165) is 19.6 Å². The topological polar surface area (TPSA) is 58.4 Å². The number of carbonyl (C=O) groups excluding carboxylic acids is 1. The molecule has 3 N–H and O–H groups in total. The Morgan fingerprint density at radius 2 is 1.94 bits per heavy atom. The van der Waals surface area contributed by atoms with Crippen LogP contribution >= 0.6 is 0 Å². The van der Waals surface area contributed by atoms with E-state index in [-0.39, 0.29) is 5.91 Å². The Bertz CT molecular complexity index is 174. The lowest BCUT2D eigenvalue weighted by molar-refractivity contribution is -0.120. The van der Waals surface area contributed by atoms with E-state index in [4.69, 9.17) is 5.73 Å². The molecule has 0 saturated carbocycles. The van der Waals surface area contributed by atoms with Gasteiger partial charge in [0.2, 0.25) is 5.91 Å². The van der Waals surface area contributed by atoms with Crippen LogP contribution in [0.15, 0.2) is 0 Å². The second-order valence-corrected chi connectivity index (χ2v) is 4.11. The zero-order valence-electron chi connectivity index (χ0n) is 10.8. The predicted molar refractivity (Wildman–Crippen MR) is 68.3 cm³/mol. The molecule has 16 heavy (non-hydrogen) atoms. The first-order valence-electron chi connectivity index (χ1n) is 6.37. The Balaban J connectivity index is 3.65. The van der Waals surface area contributed by atoms with Gasteiger partial charge in [0.05, 0.1) is 0 Å². The summed E-state index contributed by atoms with van der Waals surface area (Å²) in [5.74, 6) is 0.107. The lowest BCUT2D eigenvalue weighted by atomic mass is 10.2. The van der Waals surface area contributed by atoms with Crippen LogP contribution in [-0.4, -0.2) is 44.0 Å². The molecule has 4 heteroatoms. The summed E-state index contributed by atoms with van der Waals surface area (Å²) in [4.78, 5) is 13.4. The molecule has 0 aliphatic rings. The van der Waals surface area contributed by atoms with Crippen LogP contribution in [-0.2, 0) is 4.79 Å². The number of amides is 1. The summed E-state index contributed by atoms with van der Waals surface area (Å²) in [6.07, 6.45) is 5.62. The quantitative estimate of drug-likeness (QED) is 0.549. The highest BCUT2D eigenvalue weighted by atomic mass is 16.1. The summed E-state index contributed by atoms with van der Waals surface area (Å²) in [6.45, 7) is 5.66. The first kappa shape index (κ1) is 15.4. The zero-order valence-corrected chi connectivity index (χ0v) is 10.8. The third-order valence-corrected chi connectivity index (χ3v) is 2.71. The van der Waals surface area contributed by atoms with Crippen LogP contribution in [0.25, 0.3) is 0 Å². The van der Waals surface area contributed by atoms with Gasteiger partial charge in [0.15, 0.2) is 0 Å². The molecule has 4 nitrogen and oxygen atoms in total. The fourth-order valence-corrected chi connectivity index (χ4v) is 1.66. The van der Waals surface area contributed by atoms with Gasteiger partial charge in [0.1, 0.15) is 0 Å². The predicted octanol–water partition coefficient (Wildman–Crippen LogP) is 0.964. The van der Waals surface area contributed by atoms with Crippen molar-refractivity contribution in [3.8, 4) is 0 Å². The normalized spacial score (nSPS) is 10.8. The van der Waals surface area contributed by atoms with Crippen LogP contribution in [0.3, 0.4) is 0 Å². The van der Waals surface area contributed by atoms with Gasteiger partial charge in [0.25, 0.3) is 0 Å². The van der Waals surface area contributed by atoms with Gasteiger partial charge in [-0.15, -0.1) is 0 Å². The Kier molecular flexibility index (Phi) is 10.5. The van der Waals surface area contributed by atoms with Crippen molar-refractivity contribution in [1.29, 1.82) is 0 Å². The molecule has 0 aromatic carbocycles. The summed E-state index contributed by atoms with van der Waals surface area (Å²) >= 11 is 0. The van der Waals surface area contributed by atoms with Crippen LogP contribution < -0.4 is 11.1 Å². The van der Waals surface area contributed by atoms with Crippen molar-refractivity contribution >= 4 is 5.91 Å². The summed E-state index contributed by atoms with van der Waals surface area (Å²) in [6, 6.07) is 0. The maximum absolute atomic E-state index is 11.1. The lowest BCUT2D eigenvalue weighted by Gasteiger charge is -2.20. The fourth-order valence-electron chi connectivity index (χ4n) is 1.66. The van der Waals surface area contributed by atoms with Crippen LogP contribution in [0.1, 0.15) is 39.0 Å². The van der Waals surface area contributed by atoms with E-state index in [1.165, 1.54) is 25.7 Å². The molecule has 96 valence electrons. The second-order valence-electron chi connectivity index (χ2n) is 4.11. The highest BCUT2D eigenvalue weighted by Crippen LogP contribution is 2.01. The van der Waals surface area contributed by atoms with Crippen molar-refractivity contribution in [3.63, 3.8) is 0 Å². The number of nitrogens with one attached hydrogen (secondary N) is 1. The number of hydrogen-bond donors (Lipinski definition) is 2. The van der Waals surface area contributed by atoms with E-state index in [0.29, 0.717) is 13.0 Å². The van der Waals surface area contributed by atoms with Gasteiger partial charge in [-0.25, -0.2) is 0 Å². The molecule has 0 bridgehead atoms. The zero-order chi connectivity index (χ0) is 12.2. The van der Waals surface area contributed by atoms with Gasteiger partial charge in [-0.1, -0.05) is 26.2 Å². The highest BCUT2D eigenvalue weighted by Gasteiger charge is 2.06. The third kappa shape index (κ3) is 8.68. The largest absolute Gasteiger partial charge is 0.359 e. The maximum atomic E-state index is 11.1. The number of unbranched alkanes of at least 4 members (excludes halogenated alkanes) is 3. The van der Waals surface area contributed by atoms with Crippen molar-refractivity contribution in [1.82, 2.24) is 10.2 Å². The van der Waals surface area contributed by atoms with Crippen molar-refractivity contribution in [2.75, 3.05) is 33.2 Å². The number of hydrogen-bond acceptors (Lipinski definition) is 3. The molecule has 0 radical (unpaired) electrons. The molecule has 0 unspecified atom stereocenters. The van der Waals surface area contributed by atoms with Crippen LogP contribution in [0.4, 0.5) is 0 Å². The van der Waals surface area contributed by atoms with Gasteiger partial charge in [-0.05, 0) is 13.0 Å². The molecule has 0 aromatic rings. The smallest absolute Gasteiger partial charge is 0.221 e. The third-order valence-electron chi connectivity index (χ3n) is 2.71. The van der Waals surface area contributed by atoms with Gasteiger partial charge < -0.3 is 16.0 Å². The number of nitrogens with zero attached hydrogens (tertiary/aromatic N) is 1. The van der Waals surface area contributed by atoms with E-state index in [9.17, 15) is 4.79 Å². The van der Waals surface area contributed by atoms with Gasteiger partial charge in [-0.2, -0.15) is 0 Å². The molecule has 0 spiro atoms. The highest BCUT2D eigenvalue weighted by molar-refractivity contribution is 5.75. The Morgan fingerprint density at radius 1 is 1.19 bits per heavy atom. The van der Waals surface area contributed by atoms with Crippen molar-refractivity contribution in [2.45, 2.75) is 39.0 Å².